The first-order chi connectivity index (χ1) is 6.58. The summed E-state index contributed by atoms with van der Waals surface area (Å²) in [5.74, 6) is -0.0493. The molecule has 0 aromatic heterocycles. The van der Waals surface area contributed by atoms with Gasteiger partial charge in [-0.05, 0) is 6.92 Å². The number of rotatable bonds is 1. The van der Waals surface area contributed by atoms with Crippen molar-refractivity contribution in [2.75, 3.05) is 6.61 Å². The zero-order chi connectivity index (χ0) is 10.3. The summed E-state index contributed by atoms with van der Waals surface area (Å²) in [5, 5.41) is 9.35. The van der Waals surface area contributed by atoms with E-state index >= 15 is 0 Å². The summed E-state index contributed by atoms with van der Waals surface area (Å²) in [5.41, 5.74) is 0.995. The Morgan fingerprint density at radius 1 is 1.71 bits per heavy atom. The van der Waals surface area contributed by atoms with Crippen LogP contribution in [0.15, 0.2) is 11.6 Å². The quantitative estimate of drug-likeness (QED) is 0.507. The second-order valence-corrected chi connectivity index (χ2v) is 4.58. The highest BCUT2D eigenvalue weighted by atomic mass is 16.6. The van der Waals surface area contributed by atoms with E-state index in [0.29, 0.717) is 6.42 Å². The molecule has 1 fully saturated rings. The minimum absolute atomic E-state index is 0.0316. The van der Waals surface area contributed by atoms with Crippen LogP contribution >= 0.6 is 0 Å². The standard InChI is InChI=1S/C11H16O3/c1-7-3-4-9-11(2,8(7)6-12)5-10(13)14-9/h3,8-9,12H,4-6H2,1-2H3/t8-,9-,11+/m1/s1. The molecule has 0 saturated carbocycles. The van der Waals surface area contributed by atoms with Gasteiger partial charge in [0.1, 0.15) is 6.10 Å². The monoisotopic (exact) mass is 196 g/mol. The Morgan fingerprint density at radius 2 is 2.43 bits per heavy atom. The van der Waals surface area contributed by atoms with Crippen molar-refractivity contribution >= 4 is 5.97 Å². The van der Waals surface area contributed by atoms with Gasteiger partial charge >= 0.3 is 5.97 Å². The van der Waals surface area contributed by atoms with Gasteiger partial charge in [0.05, 0.1) is 13.0 Å². The lowest BCUT2D eigenvalue weighted by Crippen LogP contribution is -2.40. The van der Waals surface area contributed by atoms with E-state index in [0.717, 1.165) is 6.42 Å². The number of aliphatic hydroxyl groups excluding tert-OH is 1. The zero-order valence-electron chi connectivity index (χ0n) is 8.62. The van der Waals surface area contributed by atoms with Crippen LogP contribution in [0.4, 0.5) is 0 Å². The summed E-state index contributed by atoms with van der Waals surface area (Å²) in [7, 11) is 0. The van der Waals surface area contributed by atoms with Gasteiger partial charge in [-0.2, -0.15) is 0 Å². The maximum Gasteiger partial charge on any atom is 0.306 e. The summed E-state index contributed by atoms with van der Waals surface area (Å²) in [4.78, 5) is 11.3. The molecule has 1 aliphatic heterocycles. The first kappa shape index (κ1) is 9.71. The van der Waals surface area contributed by atoms with Crippen LogP contribution in [0.1, 0.15) is 26.7 Å². The van der Waals surface area contributed by atoms with Crippen molar-refractivity contribution in [3.8, 4) is 0 Å². The summed E-state index contributed by atoms with van der Waals surface area (Å²) >= 11 is 0. The Morgan fingerprint density at radius 3 is 3.07 bits per heavy atom. The maximum atomic E-state index is 11.3. The molecule has 3 atom stereocenters. The molecule has 2 rings (SSSR count). The molecule has 0 unspecified atom stereocenters. The molecule has 3 heteroatoms. The van der Waals surface area contributed by atoms with Crippen molar-refractivity contribution in [2.24, 2.45) is 11.3 Å². The molecule has 1 N–H and O–H groups in total. The second kappa shape index (κ2) is 3.09. The normalized spacial score (nSPS) is 41.6. The van der Waals surface area contributed by atoms with Crippen molar-refractivity contribution in [1.82, 2.24) is 0 Å². The van der Waals surface area contributed by atoms with Crippen LogP contribution < -0.4 is 0 Å². The van der Waals surface area contributed by atoms with Gasteiger partial charge < -0.3 is 9.84 Å². The predicted molar refractivity (Wildman–Crippen MR) is 51.6 cm³/mol. The average Bonchev–Trinajstić information content (AvgIpc) is 2.39. The number of hydrogen-bond donors (Lipinski definition) is 1. The number of ether oxygens (including phenoxy) is 1. The van der Waals surface area contributed by atoms with Gasteiger partial charge in [0, 0.05) is 17.8 Å². The molecule has 0 aromatic rings. The van der Waals surface area contributed by atoms with E-state index in [1.165, 1.54) is 5.57 Å². The largest absolute Gasteiger partial charge is 0.461 e. The van der Waals surface area contributed by atoms with Crippen LogP contribution in [-0.4, -0.2) is 23.8 Å². The third kappa shape index (κ3) is 1.19. The molecule has 0 spiro atoms. The highest BCUT2D eigenvalue weighted by molar-refractivity contribution is 5.73. The fourth-order valence-electron chi connectivity index (χ4n) is 2.73. The van der Waals surface area contributed by atoms with Gasteiger partial charge in [-0.15, -0.1) is 0 Å². The fourth-order valence-corrected chi connectivity index (χ4v) is 2.73. The molecule has 0 amide bonds. The van der Waals surface area contributed by atoms with Gasteiger partial charge in [0.2, 0.25) is 0 Å². The van der Waals surface area contributed by atoms with Gasteiger partial charge in [-0.1, -0.05) is 18.6 Å². The molecule has 1 saturated heterocycles. The first-order valence-electron chi connectivity index (χ1n) is 5.05. The van der Waals surface area contributed by atoms with Crippen LogP contribution in [-0.2, 0) is 9.53 Å². The van der Waals surface area contributed by atoms with E-state index in [4.69, 9.17) is 4.74 Å². The Balaban J connectivity index is 2.34. The van der Waals surface area contributed by atoms with Gasteiger partial charge in [0.25, 0.3) is 0 Å². The summed E-state index contributed by atoms with van der Waals surface area (Å²) in [6.45, 7) is 4.16. The van der Waals surface area contributed by atoms with E-state index in [9.17, 15) is 9.90 Å². The number of fused-ring (bicyclic) bond motifs is 1. The first-order valence-corrected chi connectivity index (χ1v) is 5.05. The van der Waals surface area contributed by atoms with Crippen molar-refractivity contribution in [1.29, 1.82) is 0 Å². The molecule has 14 heavy (non-hydrogen) atoms. The molecule has 78 valence electrons. The third-order valence-corrected chi connectivity index (χ3v) is 3.72. The molecule has 0 bridgehead atoms. The lowest BCUT2D eigenvalue weighted by molar-refractivity contribution is -0.141. The second-order valence-electron chi connectivity index (χ2n) is 4.58. The van der Waals surface area contributed by atoms with Gasteiger partial charge in [-0.25, -0.2) is 0 Å². The smallest absolute Gasteiger partial charge is 0.306 e. The molecule has 0 radical (unpaired) electrons. The van der Waals surface area contributed by atoms with Crippen molar-refractivity contribution in [3.05, 3.63) is 11.6 Å². The molecular weight excluding hydrogens is 180 g/mol. The minimum Gasteiger partial charge on any atom is -0.461 e. The van der Waals surface area contributed by atoms with E-state index in [2.05, 4.69) is 6.08 Å². The Bertz CT molecular complexity index is 295. The number of esters is 1. The zero-order valence-corrected chi connectivity index (χ0v) is 8.62. The molecule has 1 aliphatic carbocycles. The Kier molecular flexibility index (Phi) is 2.14. The molecule has 0 aromatic carbocycles. The lowest BCUT2D eigenvalue weighted by Gasteiger charge is -2.39. The lowest BCUT2D eigenvalue weighted by atomic mass is 9.65. The van der Waals surface area contributed by atoms with Crippen LogP contribution in [0.25, 0.3) is 0 Å². The van der Waals surface area contributed by atoms with Crippen molar-refractivity contribution in [2.45, 2.75) is 32.8 Å². The minimum atomic E-state index is -0.190. The van der Waals surface area contributed by atoms with Crippen LogP contribution in [0.5, 0.6) is 0 Å². The van der Waals surface area contributed by atoms with E-state index < -0.39 is 0 Å². The van der Waals surface area contributed by atoms with E-state index in [1.54, 1.807) is 0 Å². The van der Waals surface area contributed by atoms with Crippen LogP contribution in [0.3, 0.4) is 0 Å². The molecular formula is C11H16O3. The number of aliphatic hydroxyl groups is 1. The highest BCUT2D eigenvalue weighted by Gasteiger charge is 2.51. The highest BCUT2D eigenvalue weighted by Crippen LogP contribution is 2.49. The topological polar surface area (TPSA) is 46.5 Å². The summed E-state index contributed by atoms with van der Waals surface area (Å²) in [6, 6.07) is 0. The van der Waals surface area contributed by atoms with Crippen LogP contribution in [0.2, 0.25) is 0 Å². The maximum absolute atomic E-state index is 11.3. The molecule has 3 nitrogen and oxygen atoms in total. The predicted octanol–water partition coefficient (Wildman–Crippen LogP) is 1.27. The van der Waals surface area contributed by atoms with Gasteiger partial charge in [0.15, 0.2) is 0 Å². The fraction of sp³-hybridized carbons (Fsp3) is 0.727. The SMILES string of the molecule is CC1=CC[C@H]2OC(=O)C[C@@]2(C)[C@@H]1CO. The third-order valence-electron chi connectivity index (χ3n) is 3.72. The summed E-state index contributed by atoms with van der Waals surface area (Å²) < 4.78 is 5.25. The van der Waals surface area contributed by atoms with E-state index in [-0.39, 0.29) is 30.0 Å². The van der Waals surface area contributed by atoms with Gasteiger partial charge in [-0.3, -0.25) is 4.79 Å². The number of hydrogen-bond acceptors (Lipinski definition) is 3. The van der Waals surface area contributed by atoms with Crippen molar-refractivity contribution in [3.63, 3.8) is 0 Å². The average molecular weight is 196 g/mol. The number of carbonyl (C=O) groups is 1. The molecule has 2 aliphatic rings. The Labute approximate surface area is 83.8 Å². The number of carbonyl (C=O) groups excluding carboxylic acids is 1. The Hall–Kier alpha value is -0.830. The molecule has 1 heterocycles. The van der Waals surface area contributed by atoms with E-state index in [1.807, 2.05) is 13.8 Å². The van der Waals surface area contributed by atoms with Crippen molar-refractivity contribution < 1.29 is 14.6 Å². The van der Waals surface area contributed by atoms with Crippen LogP contribution in [0, 0.1) is 11.3 Å². The summed E-state index contributed by atoms with van der Waals surface area (Å²) in [6.07, 6.45) is 3.28.